The maximum atomic E-state index is 11.5. The highest BCUT2D eigenvalue weighted by Crippen LogP contribution is 2.11. The predicted molar refractivity (Wildman–Crippen MR) is 58.6 cm³/mol. The van der Waals surface area contributed by atoms with Crippen LogP contribution in [0.3, 0.4) is 0 Å². The second kappa shape index (κ2) is 4.62. The molecule has 0 saturated carbocycles. The van der Waals surface area contributed by atoms with Gasteiger partial charge in [0.15, 0.2) is 0 Å². The van der Waals surface area contributed by atoms with E-state index in [4.69, 9.17) is 5.26 Å². The van der Waals surface area contributed by atoms with Gasteiger partial charge in [-0.1, -0.05) is 6.07 Å². The van der Waals surface area contributed by atoms with Crippen LogP contribution in [0.2, 0.25) is 0 Å². The summed E-state index contributed by atoms with van der Waals surface area (Å²) in [6.07, 6.45) is 1.76. The Kier molecular flexibility index (Phi) is 3.01. The highest BCUT2D eigenvalue weighted by Gasteiger charge is 2.21. The minimum atomic E-state index is -0.241. The maximum Gasteiger partial charge on any atom is 0.242 e. The van der Waals surface area contributed by atoms with Crippen LogP contribution in [0.25, 0.3) is 0 Å². The van der Waals surface area contributed by atoms with Crippen LogP contribution in [0.4, 0.5) is 5.82 Å². The molecule has 1 aliphatic heterocycles. The summed E-state index contributed by atoms with van der Waals surface area (Å²) in [6, 6.07) is 6.85. The van der Waals surface area contributed by atoms with E-state index in [0.29, 0.717) is 11.5 Å². The van der Waals surface area contributed by atoms with E-state index in [1.165, 1.54) is 0 Å². The molecule has 1 atom stereocenters. The molecule has 1 saturated heterocycles. The first-order chi connectivity index (χ1) is 7.79. The molecule has 0 bridgehead atoms. The predicted octanol–water partition coefficient (Wildman–Crippen LogP) is 0.644. The Morgan fingerprint density at radius 3 is 3.19 bits per heavy atom. The average Bonchev–Trinajstić information content (AvgIpc) is 2.32. The van der Waals surface area contributed by atoms with Crippen LogP contribution in [-0.4, -0.2) is 23.5 Å². The Morgan fingerprint density at radius 1 is 1.56 bits per heavy atom. The second-order valence-electron chi connectivity index (χ2n) is 3.65. The maximum absolute atomic E-state index is 11.5. The fraction of sp³-hybridized carbons (Fsp3) is 0.364. The molecule has 16 heavy (non-hydrogen) atoms. The molecule has 1 unspecified atom stereocenters. The normalized spacial score (nSPS) is 19.7. The zero-order valence-electron chi connectivity index (χ0n) is 8.73. The minimum Gasteiger partial charge on any atom is -0.358 e. The third-order valence-corrected chi connectivity index (χ3v) is 2.47. The van der Waals surface area contributed by atoms with Gasteiger partial charge in [0, 0.05) is 6.54 Å². The lowest BCUT2D eigenvalue weighted by molar-refractivity contribution is -0.123. The summed E-state index contributed by atoms with van der Waals surface area (Å²) >= 11 is 0. The summed E-state index contributed by atoms with van der Waals surface area (Å²) in [7, 11) is 0. The number of nitrogens with zero attached hydrogens (tertiary/aromatic N) is 2. The van der Waals surface area contributed by atoms with Crippen molar-refractivity contribution in [1.29, 1.82) is 5.26 Å². The van der Waals surface area contributed by atoms with Gasteiger partial charge in [-0.05, 0) is 25.0 Å². The van der Waals surface area contributed by atoms with Crippen molar-refractivity contribution in [1.82, 2.24) is 10.3 Å². The number of hydrogen-bond donors (Lipinski definition) is 2. The minimum absolute atomic E-state index is 0.00425. The summed E-state index contributed by atoms with van der Waals surface area (Å²) in [5.41, 5.74) is 0.348. The van der Waals surface area contributed by atoms with Crippen molar-refractivity contribution in [2.75, 3.05) is 11.9 Å². The molecule has 2 heterocycles. The first-order valence-corrected chi connectivity index (χ1v) is 5.21. The lowest BCUT2D eigenvalue weighted by Gasteiger charge is -2.23. The number of anilines is 1. The number of pyridine rings is 1. The van der Waals surface area contributed by atoms with E-state index >= 15 is 0 Å². The SMILES string of the molecule is N#Cc1cccc(NC2CCCNC2=O)n1. The van der Waals surface area contributed by atoms with Gasteiger partial charge in [-0.2, -0.15) is 5.26 Å². The van der Waals surface area contributed by atoms with Gasteiger partial charge in [-0.3, -0.25) is 4.79 Å². The van der Waals surface area contributed by atoms with Crippen molar-refractivity contribution < 1.29 is 4.79 Å². The van der Waals surface area contributed by atoms with E-state index in [0.717, 1.165) is 19.4 Å². The lowest BCUT2D eigenvalue weighted by atomic mass is 10.1. The number of piperidine rings is 1. The van der Waals surface area contributed by atoms with Crippen molar-refractivity contribution in [2.45, 2.75) is 18.9 Å². The van der Waals surface area contributed by atoms with Gasteiger partial charge in [0.05, 0.1) is 0 Å². The van der Waals surface area contributed by atoms with E-state index in [1.807, 2.05) is 6.07 Å². The molecule has 1 fully saturated rings. The fourth-order valence-corrected chi connectivity index (χ4v) is 1.67. The zero-order chi connectivity index (χ0) is 11.4. The van der Waals surface area contributed by atoms with Crippen LogP contribution in [0.1, 0.15) is 18.5 Å². The first-order valence-electron chi connectivity index (χ1n) is 5.21. The van der Waals surface area contributed by atoms with Crippen molar-refractivity contribution in [3.05, 3.63) is 23.9 Å². The Labute approximate surface area is 93.5 Å². The van der Waals surface area contributed by atoms with E-state index in [-0.39, 0.29) is 11.9 Å². The molecule has 1 amide bonds. The Hall–Kier alpha value is -2.09. The highest BCUT2D eigenvalue weighted by molar-refractivity contribution is 5.84. The van der Waals surface area contributed by atoms with Crippen LogP contribution in [0.15, 0.2) is 18.2 Å². The van der Waals surface area contributed by atoms with Gasteiger partial charge in [0.25, 0.3) is 0 Å². The molecule has 2 N–H and O–H groups in total. The fourth-order valence-electron chi connectivity index (χ4n) is 1.67. The lowest BCUT2D eigenvalue weighted by Crippen LogP contribution is -2.44. The molecule has 0 spiro atoms. The number of carbonyl (C=O) groups is 1. The summed E-state index contributed by atoms with van der Waals surface area (Å²) in [5, 5.41) is 14.5. The van der Waals surface area contributed by atoms with Crippen molar-refractivity contribution >= 4 is 11.7 Å². The molecule has 2 rings (SSSR count). The third-order valence-electron chi connectivity index (χ3n) is 2.47. The molecular formula is C11H12N4O. The standard InChI is InChI=1S/C11H12N4O/c12-7-8-3-1-5-10(14-8)15-9-4-2-6-13-11(9)16/h1,3,5,9H,2,4,6H2,(H,13,16)(H,14,15). The zero-order valence-corrected chi connectivity index (χ0v) is 8.73. The molecule has 0 aliphatic carbocycles. The molecule has 1 aliphatic rings. The van der Waals surface area contributed by atoms with E-state index in [9.17, 15) is 4.79 Å². The summed E-state index contributed by atoms with van der Waals surface area (Å²) in [4.78, 5) is 15.6. The largest absolute Gasteiger partial charge is 0.358 e. The van der Waals surface area contributed by atoms with Crippen molar-refractivity contribution in [2.24, 2.45) is 0 Å². The average molecular weight is 216 g/mol. The van der Waals surface area contributed by atoms with E-state index in [2.05, 4.69) is 15.6 Å². The smallest absolute Gasteiger partial charge is 0.242 e. The number of carbonyl (C=O) groups excluding carboxylic acids is 1. The number of nitrogens with one attached hydrogen (secondary N) is 2. The molecule has 5 heteroatoms. The highest BCUT2D eigenvalue weighted by atomic mass is 16.2. The van der Waals surface area contributed by atoms with Crippen molar-refractivity contribution in [3.63, 3.8) is 0 Å². The molecular weight excluding hydrogens is 204 g/mol. The summed E-state index contributed by atoms with van der Waals surface area (Å²) < 4.78 is 0. The van der Waals surface area contributed by atoms with Gasteiger partial charge in [-0.15, -0.1) is 0 Å². The Balaban J connectivity index is 2.08. The van der Waals surface area contributed by atoms with E-state index in [1.54, 1.807) is 18.2 Å². The number of rotatable bonds is 2. The van der Waals surface area contributed by atoms with Gasteiger partial charge in [-0.25, -0.2) is 4.98 Å². The van der Waals surface area contributed by atoms with Gasteiger partial charge >= 0.3 is 0 Å². The third kappa shape index (κ3) is 2.28. The molecule has 1 aromatic heterocycles. The summed E-state index contributed by atoms with van der Waals surface area (Å²) in [5.74, 6) is 0.566. The molecule has 1 aromatic rings. The van der Waals surface area contributed by atoms with Crippen LogP contribution in [0, 0.1) is 11.3 Å². The Morgan fingerprint density at radius 2 is 2.44 bits per heavy atom. The second-order valence-corrected chi connectivity index (χ2v) is 3.65. The van der Waals surface area contributed by atoms with Crippen LogP contribution >= 0.6 is 0 Å². The van der Waals surface area contributed by atoms with Crippen LogP contribution in [-0.2, 0) is 4.79 Å². The monoisotopic (exact) mass is 216 g/mol. The van der Waals surface area contributed by atoms with E-state index < -0.39 is 0 Å². The van der Waals surface area contributed by atoms with Crippen LogP contribution in [0.5, 0.6) is 0 Å². The number of aromatic nitrogens is 1. The first kappa shape index (κ1) is 10.4. The molecule has 82 valence electrons. The van der Waals surface area contributed by atoms with Gasteiger partial charge < -0.3 is 10.6 Å². The summed E-state index contributed by atoms with van der Waals surface area (Å²) in [6.45, 7) is 0.739. The number of amides is 1. The topological polar surface area (TPSA) is 77.8 Å². The Bertz CT molecular complexity index is 438. The van der Waals surface area contributed by atoms with Gasteiger partial charge in [0.2, 0.25) is 5.91 Å². The van der Waals surface area contributed by atoms with Crippen LogP contribution < -0.4 is 10.6 Å². The molecule has 0 radical (unpaired) electrons. The molecule has 0 aromatic carbocycles. The van der Waals surface area contributed by atoms with Crippen molar-refractivity contribution in [3.8, 4) is 6.07 Å². The van der Waals surface area contributed by atoms with Gasteiger partial charge in [0.1, 0.15) is 23.6 Å². The quantitative estimate of drug-likeness (QED) is 0.760. The number of hydrogen-bond acceptors (Lipinski definition) is 4. The molecule has 5 nitrogen and oxygen atoms in total. The number of nitriles is 1.